The number of para-hydroxylation sites is 2. The summed E-state index contributed by atoms with van der Waals surface area (Å²) in [5.74, 6) is 2.03. The zero-order valence-corrected chi connectivity index (χ0v) is 17.5. The number of rotatable bonds is 11. The minimum atomic E-state index is 0.109. The lowest BCUT2D eigenvalue weighted by Gasteiger charge is -2.11. The third-order valence-corrected chi connectivity index (χ3v) is 5.01. The Morgan fingerprint density at radius 2 is 1.90 bits per heavy atom. The van der Waals surface area contributed by atoms with E-state index in [0.29, 0.717) is 19.6 Å². The predicted octanol–water partition coefficient (Wildman–Crippen LogP) is 4.53. The summed E-state index contributed by atoms with van der Waals surface area (Å²) in [6.45, 7) is 6.27. The molecule has 0 aliphatic carbocycles. The predicted molar refractivity (Wildman–Crippen MR) is 117 cm³/mol. The minimum absolute atomic E-state index is 0.109. The van der Waals surface area contributed by atoms with Gasteiger partial charge in [0.1, 0.15) is 11.6 Å². The van der Waals surface area contributed by atoms with E-state index < -0.39 is 0 Å². The van der Waals surface area contributed by atoms with Gasteiger partial charge in [-0.3, -0.25) is 4.79 Å². The van der Waals surface area contributed by atoms with E-state index in [1.165, 1.54) is 5.56 Å². The molecule has 1 amide bonds. The second-order valence-electron chi connectivity index (χ2n) is 7.22. The maximum atomic E-state index is 11.7. The molecule has 0 spiro atoms. The Morgan fingerprint density at radius 1 is 1.10 bits per heavy atom. The van der Waals surface area contributed by atoms with Gasteiger partial charge in [0, 0.05) is 25.9 Å². The smallest absolute Gasteiger partial charge is 0.219 e. The summed E-state index contributed by atoms with van der Waals surface area (Å²) in [6.07, 6.45) is 4.10. The lowest BCUT2D eigenvalue weighted by Crippen LogP contribution is -2.26. The molecule has 0 fully saturated rings. The number of carbonyl (C=O) groups excluding carboxylic acids is 1. The van der Waals surface area contributed by atoms with Crippen molar-refractivity contribution in [3.63, 3.8) is 0 Å². The highest BCUT2D eigenvalue weighted by Gasteiger charge is 2.10. The fraction of sp³-hybridized carbons (Fsp3) is 0.417. The van der Waals surface area contributed by atoms with Gasteiger partial charge in [0.15, 0.2) is 0 Å². The van der Waals surface area contributed by atoms with Crippen molar-refractivity contribution >= 4 is 16.9 Å². The Bertz CT molecular complexity index is 916. The van der Waals surface area contributed by atoms with Gasteiger partial charge in [-0.05, 0) is 49.1 Å². The van der Waals surface area contributed by atoms with Crippen LogP contribution in [0.3, 0.4) is 0 Å². The van der Waals surface area contributed by atoms with Gasteiger partial charge in [-0.1, -0.05) is 38.1 Å². The second kappa shape index (κ2) is 10.6. The first-order chi connectivity index (χ1) is 14.2. The van der Waals surface area contributed by atoms with Gasteiger partial charge in [0.2, 0.25) is 5.91 Å². The number of nitrogens with one attached hydrogen (secondary N) is 1. The van der Waals surface area contributed by atoms with Crippen LogP contribution < -0.4 is 10.1 Å². The van der Waals surface area contributed by atoms with Crippen LogP contribution in [0.2, 0.25) is 0 Å². The van der Waals surface area contributed by atoms with Gasteiger partial charge in [-0.2, -0.15) is 0 Å². The highest BCUT2D eigenvalue weighted by molar-refractivity contribution is 5.76. The van der Waals surface area contributed by atoms with Gasteiger partial charge in [0.05, 0.1) is 17.6 Å². The van der Waals surface area contributed by atoms with Gasteiger partial charge < -0.3 is 14.6 Å². The van der Waals surface area contributed by atoms with Gasteiger partial charge >= 0.3 is 0 Å². The van der Waals surface area contributed by atoms with E-state index in [9.17, 15) is 4.79 Å². The van der Waals surface area contributed by atoms with Crippen molar-refractivity contribution in [3.05, 3.63) is 59.9 Å². The number of benzene rings is 2. The van der Waals surface area contributed by atoms with E-state index in [-0.39, 0.29) is 5.91 Å². The molecule has 0 aliphatic rings. The summed E-state index contributed by atoms with van der Waals surface area (Å²) in [5, 5.41) is 2.98. The summed E-state index contributed by atoms with van der Waals surface area (Å²) in [4.78, 5) is 16.5. The van der Waals surface area contributed by atoms with Crippen molar-refractivity contribution in [3.8, 4) is 5.75 Å². The lowest BCUT2D eigenvalue weighted by atomic mass is 10.2. The molecule has 3 rings (SSSR count). The molecule has 29 heavy (non-hydrogen) atoms. The molecule has 2 aromatic carbocycles. The second-order valence-corrected chi connectivity index (χ2v) is 7.22. The molecular formula is C24H31N3O2. The summed E-state index contributed by atoms with van der Waals surface area (Å²) in [7, 11) is 0. The monoisotopic (exact) mass is 393 g/mol. The maximum absolute atomic E-state index is 11.7. The fourth-order valence-electron chi connectivity index (χ4n) is 3.43. The topological polar surface area (TPSA) is 56.2 Å². The Kier molecular flexibility index (Phi) is 7.68. The zero-order chi connectivity index (χ0) is 20.5. The fourth-order valence-corrected chi connectivity index (χ4v) is 3.43. The number of carbonyl (C=O) groups is 1. The molecule has 0 unspecified atom stereocenters. The lowest BCUT2D eigenvalue weighted by molar-refractivity contribution is -0.121. The van der Waals surface area contributed by atoms with E-state index >= 15 is 0 Å². The molecule has 5 nitrogen and oxygen atoms in total. The SMILES string of the molecule is CCCC(=O)NCCc1nc2ccccc2n1CCCOc1ccc(CC)cc1. The molecule has 0 radical (unpaired) electrons. The summed E-state index contributed by atoms with van der Waals surface area (Å²) < 4.78 is 8.16. The number of amides is 1. The number of nitrogens with zero attached hydrogens (tertiary/aromatic N) is 2. The molecule has 1 N–H and O–H groups in total. The van der Waals surface area contributed by atoms with E-state index in [0.717, 1.165) is 54.8 Å². The number of fused-ring (bicyclic) bond motifs is 1. The van der Waals surface area contributed by atoms with Crippen LogP contribution in [0.4, 0.5) is 0 Å². The van der Waals surface area contributed by atoms with E-state index in [1.54, 1.807) is 0 Å². The normalized spacial score (nSPS) is 11.0. The standard InChI is InChI=1S/C24H31N3O2/c1-3-8-24(28)25-16-15-23-26-21-9-5-6-10-22(21)27(23)17-7-18-29-20-13-11-19(4-2)12-14-20/h5-6,9-14H,3-4,7-8,15-18H2,1-2H3,(H,25,28). The van der Waals surface area contributed by atoms with Crippen LogP contribution in [0.5, 0.6) is 5.75 Å². The quantitative estimate of drug-likeness (QED) is 0.487. The van der Waals surface area contributed by atoms with Gasteiger partial charge in [0.25, 0.3) is 0 Å². The van der Waals surface area contributed by atoms with Crippen molar-refractivity contribution in [1.29, 1.82) is 0 Å². The Labute approximate surface area is 173 Å². The van der Waals surface area contributed by atoms with Crippen LogP contribution in [0.15, 0.2) is 48.5 Å². The Hall–Kier alpha value is -2.82. The molecule has 1 aromatic heterocycles. The molecule has 1 heterocycles. The summed E-state index contributed by atoms with van der Waals surface area (Å²) in [5.41, 5.74) is 3.45. The van der Waals surface area contributed by atoms with Crippen LogP contribution in [0.1, 0.15) is 44.5 Å². The summed E-state index contributed by atoms with van der Waals surface area (Å²) >= 11 is 0. The highest BCUT2D eigenvalue weighted by Crippen LogP contribution is 2.18. The minimum Gasteiger partial charge on any atom is -0.494 e. The maximum Gasteiger partial charge on any atom is 0.219 e. The Morgan fingerprint density at radius 3 is 2.66 bits per heavy atom. The number of hydrogen-bond donors (Lipinski definition) is 1. The van der Waals surface area contributed by atoms with Crippen molar-refractivity contribution in [1.82, 2.24) is 14.9 Å². The number of ether oxygens (including phenoxy) is 1. The van der Waals surface area contributed by atoms with Crippen molar-refractivity contribution < 1.29 is 9.53 Å². The van der Waals surface area contributed by atoms with E-state index in [4.69, 9.17) is 9.72 Å². The van der Waals surface area contributed by atoms with Crippen molar-refractivity contribution in [2.75, 3.05) is 13.2 Å². The third kappa shape index (κ3) is 5.83. The van der Waals surface area contributed by atoms with Crippen LogP contribution in [0, 0.1) is 0 Å². The number of hydrogen-bond acceptors (Lipinski definition) is 3. The molecule has 3 aromatic rings. The van der Waals surface area contributed by atoms with Crippen LogP contribution >= 0.6 is 0 Å². The first-order valence-corrected chi connectivity index (χ1v) is 10.6. The molecule has 0 atom stereocenters. The van der Waals surface area contributed by atoms with E-state index in [2.05, 4.69) is 35.0 Å². The van der Waals surface area contributed by atoms with Gasteiger partial charge in [-0.25, -0.2) is 4.98 Å². The van der Waals surface area contributed by atoms with Crippen molar-refractivity contribution in [2.24, 2.45) is 0 Å². The number of imidazole rings is 1. The largest absolute Gasteiger partial charge is 0.494 e. The van der Waals surface area contributed by atoms with Crippen LogP contribution in [0.25, 0.3) is 11.0 Å². The molecule has 0 saturated carbocycles. The number of aryl methyl sites for hydroxylation is 2. The average Bonchev–Trinajstić information content (AvgIpc) is 3.09. The highest BCUT2D eigenvalue weighted by atomic mass is 16.5. The van der Waals surface area contributed by atoms with Crippen LogP contribution in [-0.4, -0.2) is 28.6 Å². The molecular weight excluding hydrogens is 362 g/mol. The molecule has 0 saturated heterocycles. The summed E-state index contributed by atoms with van der Waals surface area (Å²) in [6, 6.07) is 16.5. The molecule has 5 heteroatoms. The first kappa shape index (κ1) is 20.9. The first-order valence-electron chi connectivity index (χ1n) is 10.6. The number of aromatic nitrogens is 2. The molecule has 154 valence electrons. The third-order valence-electron chi connectivity index (χ3n) is 5.01. The molecule has 0 aliphatic heterocycles. The van der Waals surface area contributed by atoms with Crippen LogP contribution in [-0.2, 0) is 24.2 Å². The average molecular weight is 394 g/mol. The van der Waals surface area contributed by atoms with E-state index in [1.807, 2.05) is 37.3 Å². The zero-order valence-electron chi connectivity index (χ0n) is 17.5. The Balaban J connectivity index is 1.58. The van der Waals surface area contributed by atoms with Gasteiger partial charge in [-0.15, -0.1) is 0 Å². The van der Waals surface area contributed by atoms with Crippen molar-refractivity contribution in [2.45, 2.75) is 52.5 Å². The molecule has 0 bridgehead atoms.